The van der Waals surface area contributed by atoms with E-state index in [9.17, 15) is 13.8 Å². The van der Waals surface area contributed by atoms with Crippen molar-refractivity contribution in [2.75, 3.05) is 18.0 Å². The zero-order valence-corrected chi connectivity index (χ0v) is 18.2. The average molecular weight is 447 g/mol. The molecule has 2 aromatic carbocycles. The van der Waals surface area contributed by atoms with Crippen LogP contribution in [0.5, 0.6) is 0 Å². The van der Waals surface area contributed by atoms with Crippen molar-refractivity contribution >= 4 is 44.7 Å². The molecule has 2 aliphatic heterocycles. The summed E-state index contributed by atoms with van der Waals surface area (Å²) in [5, 5.41) is 0.606. The Labute approximate surface area is 181 Å². The first-order valence-corrected chi connectivity index (χ1v) is 11.8. The van der Waals surface area contributed by atoms with E-state index in [-0.39, 0.29) is 24.5 Å². The number of cyclic esters (lactones) is 1. The summed E-state index contributed by atoms with van der Waals surface area (Å²) < 4.78 is 20.6. The lowest BCUT2D eigenvalue weighted by atomic mass is 10.0. The van der Waals surface area contributed by atoms with Gasteiger partial charge in [0.2, 0.25) is 0 Å². The van der Waals surface area contributed by atoms with Crippen LogP contribution in [0.15, 0.2) is 47.4 Å². The fraction of sp³-hybridized carbons (Fsp3) is 0.318. The van der Waals surface area contributed by atoms with Crippen LogP contribution in [0.1, 0.15) is 35.7 Å². The number of ketones is 1. The summed E-state index contributed by atoms with van der Waals surface area (Å²) in [5.74, 6) is 3.95. The number of nitrogens with zero attached hydrogens (tertiary/aromatic N) is 2. The summed E-state index contributed by atoms with van der Waals surface area (Å²) >= 11 is 6.08. The largest absolute Gasteiger partial charge is 0.444 e. The maximum atomic E-state index is 13.4. The van der Waals surface area contributed by atoms with Crippen LogP contribution in [0.25, 0.3) is 0 Å². The molecule has 0 N–H and O–H groups in total. The Kier molecular flexibility index (Phi) is 5.61. The van der Waals surface area contributed by atoms with Gasteiger partial charge in [-0.25, -0.2) is 13.3 Å². The molecule has 0 radical (unpaired) electrons. The minimum atomic E-state index is -2.67. The molecule has 0 aliphatic carbocycles. The van der Waals surface area contributed by atoms with Crippen molar-refractivity contribution in [3.05, 3.63) is 58.6 Å². The number of Topliss-reactive ketones (excluding diaryl/α,β-unsaturated/α-hetero) is 1. The standard InChI is InChI=1S/C22H23ClN2O4S/c1-15(26)16-3-6-20(7-4-16)30(2,28)24-11-9-19(10-12-24)25-21-8-5-18(23)13-17(21)14-29-22(25)27/h3-8,13,19H,2,9-12,14H2,1H3. The van der Waals surface area contributed by atoms with Gasteiger partial charge in [-0.1, -0.05) is 23.7 Å². The number of hydrogen-bond acceptors (Lipinski definition) is 4. The number of amides is 1. The van der Waals surface area contributed by atoms with Gasteiger partial charge in [-0.15, -0.1) is 0 Å². The minimum Gasteiger partial charge on any atom is -0.444 e. The first-order chi connectivity index (χ1) is 14.3. The minimum absolute atomic E-state index is 0.0343. The van der Waals surface area contributed by atoms with Gasteiger partial charge in [0.15, 0.2) is 5.78 Å². The van der Waals surface area contributed by atoms with Gasteiger partial charge in [-0.3, -0.25) is 9.69 Å². The number of benzene rings is 2. The monoisotopic (exact) mass is 446 g/mol. The Morgan fingerprint density at radius 3 is 2.47 bits per heavy atom. The second-order valence-electron chi connectivity index (χ2n) is 7.58. The van der Waals surface area contributed by atoms with Gasteiger partial charge in [0.1, 0.15) is 6.61 Å². The van der Waals surface area contributed by atoms with Crippen LogP contribution in [0, 0.1) is 0 Å². The topological polar surface area (TPSA) is 66.9 Å². The summed E-state index contributed by atoms with van der Waals surface area (Å²) in [7, 11) is -2.67. The lowest BCUT2D eigenvalue weighted by Crippen LogP contribution is -2.50. The highest BCUT2D eigenvalue weighted by Gasteiger charge is 2.35. The van der Waals surface area contributed by atoms with E-state index < -0.39 is 9.71 Å². The van der Waals surface area contributed by atoms with E-state index in [1.165, 1.54) is 6.92 Å². The quantitative estimate of drug-likeness (QED) is 0.522. The van der Waals surface area contributed by atoms with Gasteiger partial charge in [-0.2, -0.15) is 0 Å². The molecular weight excluding hydrogens is 424 g/mol. The molecule has 1 saturated heterocycles. The van der Waals surface area contributed by atoms with E-state index in [0.29, 0.717) is 41.4 Å². The van der Waals surface area contributed by atoms with Crippen LogP contribution < -0.4 is 4.90 Å². The molecule has 1 amide bonds. The van der Waals surface area contributed by atoms with Crippen LogP contribution in [-0.4, -0.2) is 45.4 Å². The zero-order chi connectivity index (χ0) is 21.5. The SMILES string of the molecule is C=S(=O)(c1ccc(C(C)=O)cc1)N1CCC(N2C(=O)OCc3cc(Cl)ccc32)CC1. The molecule has 1 fully saturated rings. The highest BCUT2D eigenvalue weighted by molar-refractivity contribution is 7.98. The van der Waals surface area contributed by atoms with Gasteiger partial charge in [0.05, 0.1) is 15.4 Å². The molecule has 1 unspecified atom stereocenters. The predicted molar refractivity (Wildman–Crippen MR) is 119 cm³/mol. The average Bonchev–Trinajstić information content (AvgIpc) is 2.74. The normalized spacial score (nSPS) is 19.7. The fourth-order valence-corrected chi connectivity index (χ4v) is 5.86. The van der Waals surface area contributed by atoms with E-state index in [4.69, 9.17) is 16.3 Å². The van der Waals surface area contributed by atoms with Crippen molar-refractivity contribution in [1.82, 2.24) is 4.31 Å². The van der Waals surface area contributed by atoms with Crippen LogP contribution >= 0.6 is 11.6 Å². The van der Waals surface area contributed by atoms with Gasteiger partial charge in [0.25, 0.3) is 0 Å². The van der Waals surface area contributed by atoms with Crippen LogP contribution in [0.3, 0.4) is 0 Å². The first-order valence-electron chi connectivity index (χ1n) is 9.75. The molecule has 0 saturated carbocycles. The summed E-state index contributed by atoms with van der Waals surface area (Å²) in [5.41, 5.74) is 2.29. The summed E-state index contributed by atoms with van der Waals surface area (Å²) in [4.78, 5) is 26.3. The second-order valence-corrected chi connectivity index (χ2v) is 10.3. The molecule has 0 aromatic heterocycles. The van der Waals surface area contributed by atoms with Gasteiger partial charge in [0, 0.05) is 40.2 Å². The molecule has 2 heterocycles. The Balaban J connectivity index is 1.50. The van der Waals surface area contributed by atoms with Crippen LogP contribution in [0.2, 0.25) is 5.02 Å². The maximum Gasteiger partial charge on any atom is 0.414 e. The summed E-state index contributed by atoms with van der Waals surface area (Å²) in [6.07, 6.45) is 0.933. The molecule has 30 heavy (non-hydrogen) atoms. The molecule has 4 rings (SSSR count). The maximum absolute atomic E-state index is 13.4. The van der Waals surface area contributed by atoms with E-state index in [2.05, 4.69) is 5.87 Å². The Morgan fingerprint density at radius 2 is 1.83 bits per heavy atom. The van der Waals surface area contributed by atoms with E-state index in [0.717, 1.165) is 11.3 Å². The van der Waals surface area contributed by atoms with E-state index in [1.54, 1.807) is 35.2 Å². The highest BCUT2D eigenvalue weighted by Crippen LogP contribution is 2.34. The highest BCUT2D eigenvalue weighted by atomic mass is 35.5. The first kappa shape index (κ1) is 20.9. The van der Waals surface area contributed by atoms with Crippen molar-refractivity contribution in [2.24, 2.45) is 0 Å². The zero-order valence-electron chi connectivity index (χ0n) is 16.7. The Morgan fingerprint density at radius 1 is 1.17 bits per heavy atom. The number of fused-ring (bicyclic) bond motifs is 1. The van der Waals surface area contributed by atoms with Gasteiger partial charge in [-0.05, 0) is 56.0 Å². The van der Waals surface area contributed by atoms with Crippen LogP contribution in [-0.2, 0) is 21.1 Å². The number of carbonyl (C=O) groups excluding carboxylic acids is 2. The fourth-order valence-electron chi connectivity index (χ4n) is 4.00. The van der Waals surface area contributed by atoms with Gasteiger partial charge < -0.3 is 4.74 Å². The molecule has 0 spiro atoms. The Bertz CT molecular complexity index is 1090. The number of ether oxygens (including phenoxy) is 1. The van der Waals surface area contributed by atoms with Crippen molar-refractivity contribution in [3.63, 3.8) is 0 Å². The van der Waals surface area contributed by atoms with Crippen LogP contribution in [0.4, 0.5) is 10.5 Å². The number of halogens is 1. The lowest BCUT2D eigenvalue weighted by molar-refractivity contribution is 0.101. The summed E-state index contributed by atoms with van der Waals surface area (Å²) in [6, 6.07) is 12.2. The molecule has 0 bridgehead atoms. The second kappa shape index (κ2) is 8.06. The third kappa shape index (κ3) is 3.85. The van der Waals surface area contributed by atoms with E-state index in [1.807, 2.05) is 16.4 Å². The van der Waals surface area contributed by atoms with Crippen molar-refractivity contribution in [2.45, 2.75) is 37.3 Å². The molecule has 1 atom stereocenters. The van der Waals surface area contributed by atoms with E-state index >= 15 is 0 Å². The van der Waals surface area contributed by atoms with Crippen molar-refractivity contribution < 1.29 is 18.5 Å². The molecule has 8 heteroatoms. The molecule has 158 valence electrons. The number of carbonyl (C=O) groups is 2. The molecule has 2 aliphatic rings. The van der Waals surface area contributed by atoms with Crippen molar-refractivity contribution in [1.29, 1.82) is 0 Å². The molecule has 6 nitrogen and oxygen atoms in total. The molecular formula is C22H23ClN2O4S. The molecule has 2 aromatic rings. The third-order valence-corrected chi connectivity index (χ3v) is 8.13. The number of piperidine rings is 1. The third-order valence-electron chi connectivity index (χ3n) is 5.68. The predicted octanol–water partition coefficient (Wildman–Crippen LogP) is 4.15. The lowest BCUT2D eigenvalue weighted by Gasteiger charge is -2.40. The van der Waals surface area contributed by atoms with Crippen molar-refractivity contribution in [3.8, 4) is 0 Å². The number of anilines is 1. The smallest absolute Gasteiger partial charge is 0.414 e. The summed E-state index contributed by atoms with van der Waals surface area (Å²) in [6.45, 7) is 2.79. The Hall–Kier alpha value is -2.35. The number of hydrogen-bond donors (Lipinski definition) is 0. The van der Waals surface area contributed by atoms with Gasteiger partial charge >= 0.3 is 6.09 Å². The number of rotatable bonds is 4.